The van der Waals surface area contributed by atoms with Crippen molar-refractivity contribution < 1.29 is 14.3 Å². The Morgan fingerprint density at radius 1 is 1.48 bits per heavy atom. The van der Waals surface area contributed by atoms with Crippen molar-refractivity contribution in [3.8, 4) is 0 Å². The number of nitrogens with one attached hydrogen (secondary N) is 1. The zero-order chi connectivity index (χ0) is 17.8. The van der Waals surface area contributed by atoms with Gasteiger partial charge in [0.25, 0.3) is 0 Å². The van der Waals surface area contributed by atoms with E-state index in [1.165, 1.54) is 0 Å². The third-order valence-electron chi connectivity index (χ3n) is 4.90. The molecule has 0 spiro atoms. The molecule has 2 N–H and O–H groups in total. The standard InChI is InChI=1S/C19H25ClN2O3/c1-13-7-18-16(9-17(13)20)15(12-25-18)8-19(24)21-4-6-22-5-2-3-14(10-22)11-23/h7,9,12,14,23H,2-6,8,10-11H2,1H3,(H,21,24)/t14-/m1/s1. The minimum atomic E-state index is -0.0184. The van der Waals surface area contributed by atoms with E-state index in [9.17, 15) is 9.90 Å². The van der Waals surface area contributed by atoms with Gasteiger partial charge in [0.2, 0.25) is 5.91 Å². The number of carbonyl (C=O) groups excluding carboxylic acids is 1. The molecule has 0 aliphatic carbocycles. The smallest absolute Gasteiger partial charge is 0.224 e. The molecule has 5 nitrogen and oxygen atoms in total. The molecule has 2 heterocycles. The van der Waals surface area contributed by atoms with Crippen LogP contribution in [0.3, 0.4) is 0 Å². The van der Waals surface area contributed by atoms with Gasteiger partial charge in [0.05, 0.1) is 12.7 Å². The summed E-state index contributed by atoms with van der Waals surface area (Å²) in [6.07, 6.45) is 4.12. The fourth-order valence-corrected chi connectivity index (χ4v) is 3.59. The maximum absolute atomic E-state index is 12.2. The molecule has 0 unspecified atom stereocenters. The van der Waals surface area contributed by atoms with E-state index in [0.29, 0.717) is 17.5 Å². The van der Waals surface area contributed by atoms with E-state index in [1.807, 2.05) is 19.1 Å². The average molecular weight is 365 g/mol. The molecule has 1 saturated heterocycles. The SMILES string of the molecule is Cc1cc2occ(CC(=O)NCCN3CCC[C@@H](CO)C3)c2cc1Cl. The van der Waals surface area contributed by atoms with Gasteiger partial charge in [0, 0.05) is 42.2 Å². The van der Waals surface area contributed by atoms with E-state index in [2.05, 4.69) is 10.2 Å². The normalized spacial score (nSPS) is 18.6. The van der Waals surface area contributed by atoms with Gasteiger partial charge >= 0.3 is 0 Å². The van der Waals surface area contributed by atoms with Crippen molar-refractivity contribution in [3.05, 3.63) is 34.5 Å². The number of aliphatic hydroxyl groups excluding tert-OH is 1. The summed E-state index contributed by atoms with van der Waals surface area (Å²) in [6.45, 7) is 5.57. The molecule has 2 aromatic rings. The molecular weight excluding hydrogens is 340 g/mol. The molecule has 1 atom stereocenters. The first-order valence-electron chi connectivity index (χ1n) is 8.83. The molecule has 1 amide bonds. The van der Waals surface area contributed by atoms with E-state index in [0.717, 1.165) is 54.6 Å². The highest BCUT2D eigenvalue weighted by molar-refractivity contribution is 6.32. The number of halogens is 1. The largest absolute Gasteiger partial charge is 0.464 e. The molecule has 1 aliphatic rings. The second-order valence-electron chi connectivity index (χ2n) is 6.88. The number of aryl methyl sites for hydroxylation is 1. The van der Waals surface area contributed by atoms with Crippen LogP contribution in [0.4, 0.5) is 0 Å². The van der Waals surface area contributed by atoms with Gasteiger partial charge in [-0.1, -0.05) is 11.6 Å². The monoisotopic (exact) mass is 364 g/mol. The van der Waals surface area contributed by atoms with E-state index in [-0.39, 0.29) is 18.9 Å². The first kappa shape index (κ1) is 18.2. The van der Waals surface area contributed by atoms with Crippen LogP contribution >= 0.6 is 11.6 Å². The van der Waals surface area contributed by atoms with Gasteiger partial charge in [-0.3, -0.25) is 4.79 Å². The van der Waals surface area contributed by atoms with E-state index in [1.54, 1.807) is 6.26 Å². The Morgan fingerprint density at radius 2 is 2.32 bits per heavy atom. The van der Waals surface area contributed by atoms with Crippen LogP contribution in [0.5, 0.6) is 0 Å². The summed E-state index contributed by atoms with van der Waals surface area (Å²) >= 11 is 6.18. The Balaban J connectivity index is 1.50. The number of likely N-dealkylation sites (tertiary alicyclic amines) is 1. The van der Waals surface area contributed by atoms with Gasteiger partial charge < -0.3 is 19.7 Å². The molecule has 1 aromatic carbocycles. The number of fused-ring (bicyclic) bond motifs is 1. The van der Waals surface area contributed by atoms with Crippen LogP contribution in [0.2, 0.25) is 5.02 Å². The second-order valence-corrected chi connectivity index (χ2v) is 7.28. The molecule has 0 bridgehead atoms. The number of piperidine rings is 1. The van der Waals surface area contributed by atoms with E-state index >= 15 is 0 Å². The first-order valence-corrected chi connectivity index (χ1v) is 9.20. The highest BCUT2D eigenvalue weighted by Crippen LogP contribution is 2.27. The van der Waals surface area contributed by atoms with Crippen LogP contribution < -0.4 is 5.32 Å². The summed E-state index contributed by atoms with van der Waals surface area (Å²) in [6, 6.07) is 3.76. The molecule has 6 heteroatoms. The Morgan fingerprint density at radius 3 is 3.12 bits per heavy atom. The lowest BCUT2D eigenvalue weighted by molar-refractivity contribution is -0.120. The lowest BCUT2D eigenvalue weighted by Gasteiger charge is -2.31. The summed E-state index contributed by atoms with van der Waals surface area (Å²) in [5.41, 5.74) is 2.57. The van der Waals surface area contributed by atoms with Gasteiger partial charge in [0.1, 0.15) is 5.58 Å². The molecule has 1 fully saturated rings. The number of carbonyl (C=O) groups is 1. The number of aliphatic hydroxyl groups is 1. The molecule has 0 saturated carbocycles. The number of furan rings is 1. The zero-order valence-electron chi connectivity index (χ0n) is 14.6. The number of amides is 1. The summed E-state index contributed by atoms with van der Waals surface area (Å²) in [5, 5.41) is 13.8. The second kappa shape index (κ2) is 8.21. The van der Waals surface area contributed by atoms with Crippen LogP contribution in [0.1, 0.15) is 24.0 Å². The fourth-order valence-electron chi connectivity index (χ4n) is 3.43. The summed E-state index contributed by atoms with van der Waals surface area (Å²) < 4.78 is 5.54. The van der Waals surface area contributed by atoms with Crippen LogP contribution in [-0.2, 0) is 11.2 Å². The first-order chi connectivity index (χ1) is 12.1. The highest BCUT2D eigenvalue weighted by Gasteiger charge is 2.19. The topological polar surface area (TPSA) is 65.7 Å². The third-order valence-corrected chi connectivity index (χ3v) is 5.30. The predicted molar refractivity (Wildman–Crippen MR) is 98.9 cm³/mol. The molecule has 0 radical (unpaired) electrons. The maximum Gasteiger partial charge on any atom is 0.224 e. The van der Waals surface area contributed by atoms with Crippen molar-refractivity contribution in [2.45, 2.75) is 26.2 Å². The van der Waals surface area contributed by atoms with Crippen LogP contribution in [0.25, 0.3) is 11.0 Å². The Hall–Kier alpha value is -1.56. The molecular formula is C19H25ClN2O3. The summed E-state index contributed by atoms with van der Waals surface area (Å²) in [5.74, 6) is 0.352. The zero-order valence-corrected chi connectivity index (χ0v) is 15.3. The number of benzene rings is 1. The minimum absolute atomic E-state index is 0.0184. The minimum Gasteiger partial charge on any atom is -0.464 e. The fraction of sp³-hybridized carbons (Fsp3) is 0.526. The number of hydrogen-bond donors (Lipinski definition) is 2. The summed E-state index contributed by atoms with van der Waals surface area (Å²) in [7, 11) is 0. The van der Waals surface area contributed by atoms with Crippen molar-refractivity contribution in [1.29, 1.82) is 0 Å². The van der Waals surface area contributed by atoms with Crippen molar-refractivity contribution >= 4 is 28.5 Å². The maximum atomic E-state index is 12.2. The van der Waals surface area contributed by atoms with Crippen LogP contribution in [-0.4, -0.2) is 48.7 Å². The average Bonchev–Trinajstić information content (AvgIpc) is 2.97. The van der Waals surface area contributed by atoms with Gasteiger partial charge in [-0.05, 0) is 49.9 Å². The van der Waals surface area contributed by atoms with E-state index in [4.69, 9.17) is 16.0 Å². The molecule has 25 heavy (non-hydrogen) atoms. The summed E-state index contributed by atoms with van der Waals surface area (Å²) in [4.78, 5) is 14.5. The molecule has 3 rings (SSSR count). The molecule has 1 aromatic heterocycles. The van der Waals surface area contributed by atoms with Gasteiger partial charge in [-0.25, -0.2) is 0 Å². The number of nitrogens with zero attached hydrogens (tertiary/aromatic N) is 1. The quantitative estimate of drug-likeness (QED) is 0.827. The molecule has 1 aliphatic heterocycles. The number of rotatable bonds is 6. The van der Waals surface area contributed by atoms with Crippen molar-refractivity contribution in [2.24, 2.45) is 5.92 Å². The predicted octanol–water partition coefficient (Wildman–Crippen LogP) is 2.76. The Kier molecular flexibility index (Phi) is 5.99. The van der Waals surface area contributed by atoms with Crippen molar-refractivity contribution in [1.82, 2.24) is 10.2 Å². The van der Waals surface area contributed by atoms with Gasteiger partial charge in [-0.2, -0.15) is 0 Å². The van der Waals surface area contributed by atoms with Crippen molar-refractivity contribution in [2.75, 3.05) is 32.8 Å². The van der Waals surface area contributed by atoms with Gasteiger partial charge in [0.15, 0.2) is 0 Å². The third kappa shape index (κ3) is 4.54. The Bertz CT molecular complexity index is 744. The van der Waals surface area contributed by atoms with Crippen molar-refractivity contribution in [3.63, 3.8) is 0 Å². The Labute approximate surface area is 152 Å². The van der Waals surface area contributed by atoms with Crippen LogP contribution in [0.15, 0.2) is 22.8 Å². The lowest BCUT2D eigenvalue weighted by Crippen LogP contribution is -2.41. The molecule has 136 valence electrons. The highest BCUT2D eigenvalue weighted by atomic mass is 35.5. The van der Waals surface area contributed by atoms with Crippen LogP contribution in [0, 0.1) is 12.8 Å². The number of hydrogen-bond acceptors (Lipinski definition) is 4. The lowest BCUT2D eigenvalue weighted by atomic mass is 9.99. The van der Waals surface area contributed by atoms with Gasteiger partial charge in [-0.15, -0.1) is 0 Å². The van der Waals surface area contributed by atoms with E-state index < -0.39 is 0 Å².